The summed E-state index contributed by atoms with van der Waals surface area (Å²) in [7, 11) is 0. The number of nitrogens with one attached hydrogen (secondary N) is 1. The van der Waals surface area contributed by atoms with Crippen molar-refractivity contribution in [3.63, 3.8) is 0 Å². The fourth-order valence-corrected chi connectivity index (χ4v) is 2.56. The van der Waals surface area contributed by atoms with Gasteiger partial charge in [0.15, 0.2) is 0 Å². The fraction of sp³-hybridized carbons (Fsp3) is 0.214. The minimum atomic E-state index is -0.206. The number of carbonyl (C=O) groups excluding carboxylic acids is 1. The van der Waals surface area contributed by atoms with Gasteiger partial charge in [0.25, 0.3) is 0 Å². The van der Waals surface area contributed by atoms with Crippen LogP contribution in [0.15, 0.2) is 47.8 Å². The van der Waals surface area contributed by atoms with E-state index in [9.17, 15) is 4.79 Å². The maximum absolute atomic E-state index is 12.2. The minimum absolute atomic E-state index is 0.0852. The lowest BCUT2D eigenvalue weighted by Gasteiger charge is -2.13. The number of rotatable bonds is 5. The van der Waals surface area contributed by atoms with Crippen molar-refractivity contribution < 1.29 is 4.79 Å². The van der Waals surface area contributed by atoms with Crippen molar-refractivity contribution in [3.8, 4) is 0 Å². The molecule has 0 aliphatic heterocycles. The maximum Gasteiger partial charge on any atom is 0.239 e. The molecule has 0 bridgehead atoms. The Kier molecular flexibility index (Phi) is 5.38. The third-order valence-electron chi connectivity index (χ3n) is 2.54. The Bertz CT molecular complexity index is 562. The van der Waals surface area contributed by atoms with E-state index < -0.39 is 0 Å². The van der Waals surface area contributed by atoms with Gasteiger partial charge in [-0.15, -0.1) is 0 Å². The van der Waals surface area contributed by atoms with Crippen molar-refractivity contribution in [2.75, 3.05) is 5.32 Å². The largest absolute Gasteiger partial charge is 0.310 e. The van der Waals surface area contributed by atoms with E-state index >= 15 is 0 Å². The van der Waals surface area contributed by atoms with E-state index in [-0.39, 0.29) is 11.2 Å². The molecule has 0 aliphatic rings. The highest BCUT2D eigenvalue weighted by Gasteiger charge is 2.18. The van der Waals surface area contributed by atoms with E-state index in [1.165, 1.54) is 18.0 Å². The number of pyridine rings is 2. The van der Waals surface area contributed by atoms with E-state index in [2.05, 4.69) is 15.3 Å². The lowest BCUT2D eigenvalue weighted by atomic mass is 10.3. The fourth-order valence-electron chi connectivity index (χ4n) is 1.54. The van der Waals surface area contributed by atoms with Gasteiger partial charge in [-0.05, 0) is 30.7 Å². The summed E-state index contributed by atoms with van der Waals surface area (Å²) in [6, 6.07) is 9.01. The first kappa shape index (κ1) is 14.8. The molecule has 1 atom stereocenters. The van der Waals surface area contributed by atoms with Gasteiger partial charge in [-0.2, -0.15) is 0 Å². The van der Waals surface area contributed by atoms with Crippen LogP contribution in [0.2, 0.25) is 5.02 Å². The van der Waals surface area contributed by atoms with E-state index in [1.807, 2.05) is 25.1 Å². The number of halogens is 1. The number of carbonyl (C=O) groups is 1. The predicted octanol–water partition coefficient (Wildman–Crippen LogP) is 3.64. The number of nitrogens with zero attached hydrogens (tertiary/aromatic N) is 2. The highest BCUT2D eigenvalue weighted by atomic mass is 35.5. The van der Waals surface area contributed by atoms with Gasteiger partial charge in [-0.1, -0.05) is 36.4 Å². The molecule has 104 valence electrons. The van der Waals surface area contributed by atoms with Gasteiger partial charge in [-0.3, -0.25) is 4.79 Å². The molecule has 0 unspecified atom stereocenters. The molecule has 6 heteroatoms. The number of amides is 1. The average molecular weight is 308 g/mol. The van der Waals surface area contributed by atoms with Gasteiger partial charge in [0.2, 0.25) is 5.91 Å². The molecule has 2 aromatic rings. The Morgan fingerprint density at radius 1 is 1.35 bits per heavy atom. The summed E-state index contributed by atoms with van der Waals surface area (Å²) in [4.78, 5) is 20.5. The van der Waals surface area contributed by atoms with E-state index in [4.69, 9.17) is 11.6 Å². The Hall–Kier alpha value is -1.59. The third kappa shape index (κ3) is 4.21. The first-order valence-electron chi connectivity index (χ1n) is 6.19. The van der Waals surface area contributed by atoms with Crippen molar-refractivity contribution >= 4 is 35.1 Å². The Balaban J connectivity index is 2.00. The lowest BCUT2D eigenvalue weighted by molar-refractivity contribution is -0.115. The smallest absolute Gasteiger partial charge is 0.239 e. The number of aromatic nitrogens is 2. The van der Waals surface area contributed by atoms with Crippen LogP contribution in [-0.4, -0.2) is 21.1 Å². The number of anilines is 1. The Morgan fingerprint density at radius 3 is 2.80 bits per heavy atom. The zero-order valence-corrected chi connectivity index (χ0v) is 12.5. The van der Waals surface area contributed by atoms with Gasteiger partial charge in [0, 0.05) is 12.4 Å². The van der Waals surface area contributed by atoms with Crippen LogP contribution < -0.4 is 5.32 Å². The first-order chi connectivity index (χ1) is 9.69. The SMILES string of the molecule is CC[C@@H](Sc1ccccn1)C(=O)Nc1ccc(Cl)cn1. The highest BCUT2D eigenvalue weighted by Crippen LogP contribution is 2.24. The summed E-state index contributed by atoms with van der Waals surface area (Å²) >= 11 is 7.20. The zero-order chi connectivity index (χ0) is 14.4. The van der Waals surface area contributed by atoms with Crippen LogP contribution in [0.3, 0.4) is 0 Å². The molecule has 0 saturated heterocycles. The van der Waals surface area contributed by atoms with Crippen molar-refractivity contribution in [2.24, 2.45) is 0 Å². The molecule has 0 spiro atoms. The second kappa shape index (κ2) is 7.26. The van der Waals surface area contributed by atoms with E-state index in [0.717, 1.165) is 5.03 Å². The number of thioether (sulfide) groups is 1. The summed E-state index contributed by atoms with van der Waals surface area (Å²) in [6.07, 6.45) is 3.93. The molecule has 0 fully saturated rings. The van der Waals surface area contributed by atoms with Crippen molar-refractivity contribution in [3.05, 3.63) is 47.7 Å². The summed E-state index contributed by atoms with van der Waals surface area (Å²) in [6.45, 7) is 1.97. The topological polar surface area (TPSA) is 54.9 Å². The maximum atomic E-state index is 12.2. The second-order valence-corrected chi connectivity index (χ2v) is 5.69. The van der Waals surface area contributed by atoms with Crippen LogP contribution in [0.4, 0.5) is 5.82 Å². The highest BCUT2D eigenvalue weighted by molar-refractivity contribution is 8.00. The zero-order valence-electron chi connectivity index (χ0n) is 10.9. The van der Waals surface area contributed by atoms with Gasteiger partial charge in [-0.25, -0.2) is 9.97 Å². The molecule has 4 nitrogen and oxygen atoms in total. The van der Waals surface area contributed by atoms with Gasteiger partial charge < -0.3 is 5.32 Å². The molecular formula is C14H14ClN3OS. The third-order valence-corrected chi connectivity index (χ3v) is 4.08. The van der Waals surface area contributed by atoms with E-state index in [0.29, 0.717) is 17.3 Å². The monoisotopic (exact) mass is 307 g/mol. The number of hydrogen-bond donors (Lipinski definition) is 1. The predicted molar refractivity (Wildman–Crippen MR) is 82.0 cm³/mol. The van der Waals surface area contributed by atoms with Crippen LogP contribution >= 0.6 is 23.4 Å². The van der Waals surface area contributed by atoms with Gasteiger partial charge in [0.05, 0.1) is 15.3 Å². The van der Waals surface area contributed by atoms with Crippen molar-refractivity contribution in [1.29, 1.82) is 0 Å². The van der Waals surface area contributed by atoms with E-state index in [1.54, 1.807) is 18.3 Å². The molecule has 0 saturated carbocycles. The van der Waals surface area contributed by atoms with Crippen LogP contribution in [0.25, 0.3) is 0 Å². The van der Waals surface area contributed by atoms with Crippen molar-refractivity contribution in [2.45, 2.75) is 23.6 Å². The van der Waals surface area contributed by atoms with Crippen LogP contribution in [-0.2, 0) is 4.79 Å². The molecule has 2 heterocycles. The summed E-state index contributed by atoms with van der Waals surface area (Å²) in [5, 5.41) is 3.95. The lowest BCUT2D eigenvalue weighted by Crippen LogP contribution is -2.25. The minimum Gasteiger partial charge on any atom is -0.310 e. The van der Waals surface area contributed by atoms with Crippen LogP contribution in [0.5, 0.6) is 0 Å². The average Bonchev–Trinajstić information content (AvgIpc) is 2.48. The normalized spacial score (nSPS) is 11.9. The molecular weight excluding hydrogens is 294 g/mol. The second-order valence-electron chi connectivity index (χ2n) is 4.03. The summed E-state index contributed by atoms with van der Waals surface area (Å²) < 4.78 is 0. The first-order valence-corrected chi connectivity index (χ1v) is 7.45. The Morgan fingerprint density at radius 2 is 2.20 bits per heavy atom. The van der Waals surface area contributed by atoms with Gasteiger partial charge >= 0.3 is 0 Å². The quantitative estimate of drug-likeness (QED) is 0.857. The molecule has 20 heavy (non-hydrogen) atoms. The molecule has 1 N–H and O–H groups in total. The van der Waals surface area contributed by atoms with Crippen LogP contribution in [0, 0.1) is 0 Å². The Labute approximate surface area is 127 Å². The molecule has 2 aromatic heterocycles. The molecule has 0 aromatic carbocycles. The number of hydrogen-bond acceptors (Lipinski definition) is 4. The van der Waals surface area contributed by atoms with Gasteiger partial charge in [0.1, 0.15) is 5.82 Å². The summed E-state index contributed by atoms with van der Waals surface area (Å²) in [5.41, 5.74) is 0. The molecule has 0 radical (unpaired) electrons. The van der Waals surface area contributed by atoms with Crippen LogP contribution in [0.1, 0.15) is 13.3 Å². The molecule has 0 aliphatic carbocycles. The summed E-state index contributed by atoms with van der Waals surface area (Å²) in [5.74, 6) is 0.414. The molecule has 2 rings (SSSR count). The standard InChI is InChI=1S/C14H14ClN3OS/c1-2-11(20-13-5-3-4-8-16-13)14(19)18-12-7-6-10(15)9-17-12/h3-9,11H,2H2,1H3,(H,17,18,19)/t11-/m1/s1. The molecule has 1 amide bonds. The van der Waals surface area contributed by atoms with Crippen molar-refractivity contribution in [1.82, 2.24) is 9.97 Å².